The summed E-state index contributed by atoms with van der Waals surface area (Å²) in [6, 6.07) is 13.5. The molecular weight excluding hydrogens is 280 g/mol. The van der Waals surface area contributed by atoms with E-state index in [0.29, 0.717) is 0 Å². The Kier molecular flexibility index (Phi) is 4.05. The molecule has 0 heterocycles. The largest absolute Gasteiger partial charge is 0.497 e. The van der Waals surface area contributed by atoms with Crippen molar-refractivity contribution in [2.24, 2.45) is 17.8 Å². The summed E-state index contributed by atoms with van der Waals surface area (Å²) in [6.45, 7) is 2.44. The van der Waals surface area contributed by atoms with E-state index < -0.39 is 0 Å². The minimum absolute atomic E-state index is 0.774. The highest BCUT2D eigenvalue weighted by atomic mass is 16.5. The van der Waals surface area contributed by atoms with Crippen LogP contribution in [0.3, 0.4) is 0 Å². The number of benzene rings is 2. The Labute approximate surface area is 140 Å². The zero-order valence-corrected chi connectivity index (χ0v) is 14.4. The number of fused-ring (bicyclic) bond motifs is 2. The smallest absolute Gasteiger partial charge is 0.119 e. The van der Waals surface area contributed by atoms with Crippen LogP contribution in [0.1, 0.15) is 56.9 Å². The second-order valence-electron chi connectivity index (χ2n) is 7.92. The molecule has 2 saturated carbocycles. The van der Waals surface area contributed by atoms with E-state index in [2.05, 4.69) is 43.3 Å². The highest BCUT2D eigenvalue weighted by Crippen LogP contribution is 2.47. The van der Waals surface area contributed by atoms with Crippen molar-refractivity contribution in [1.29, 1.82) is 0 Å². The molecule has 2 fully saturated rings. The molecule has 0 N–H and O–H groups in total. The molecular formula is C22H28O. The van der Waals surface area contributed by atoms with Crippen molar-refractivity contribution in [3.05, 3.63) is 42.0 Å². The molecule has 2 aromatic rings. The molecule has 23 heavy (non-hydrogen) atoms. The van der Waals surface area contributed by atoms with Crippen LogP contribution >= 0.6 is 0 Å². The van der Waals surface area contributed by atoms with Crippen molar-refractivity contribution in [3.8, 4) is 5.75 Å². The van der Waals surface area contributed by atoms with Crippen LogP contribution in [0.5, 0.6) is 5.75 Å². The first kappa shape index (κ1) is 15.1. The zero-order valence-electron chi connectivity index (χ0n) is 14.4. The molecule has 0 amide bonds. The lowest BCUT2D eigenvalue weighted by atomic mass is 9.64. The highest BCUT2D eigenvalue weighted by molar-refractivity contribution is 5.84. The Balaban J connectivity index is 1.55. The van der Waals surface area contributed by atoms with E-state index in [4.69, 9.17) is 4.74 Å². The summed E-state index contributed by atoms with van der Waals surface area (Å²) in [5, 5.41) is 2.64. The van der Waals surface area contributed by atoms with Crippen LogP contribution in [-0.4, -0.2) is 7.11 Å². The molecule has 1 heteroatoms. The maximum Gasteiger partial charge on any atom is 0.119 e. The van der Waals surface area contributed by atoms with Gasteiger partial charge < -0.3 is 4.74 Å². The van der Waals surface area contributed by atoms with Crippen molar-refractivity contribution < 1.29 is 4.74 Å². The lowest BCUT2D eigenvalue weighted by molar-refractivity contribution is 0.124. The molecule has 0 radical (unpaired) electrons. The van der Waals surface area contributed by atoms with Crippen molar-refractivity contribution in [2.75, 3.05) is 7.11 Å². The molecule has 2 aliphatic rings. The molecule has 1 nitrogen and oxygen atoms in total. The van der Waals surface area contributed by atoms with Crippen molar-refractivity contribution >= 4 is 10.8 Å². The fourth-order valence-electron chi connectivity index (χ4n) is 5.05. The summed E-state index contributed by atoms with van der Waals surface area (Å²) in [4.78, 5) is 0. The summed E-state index contributed by atoms with van der Waals surface area (Å²) in [6.07, 6.45) is 8.64. The number of methoxy groups -OCH3 is 1. The SMILES string of the molecule is COc1ccc2cc([C@@H]3CC[C@@H]4CC(C)CCC4C3)ccc2c1. The van der Waals surface area contributed by atoms with Gasteiger partial charge in [0, 0.05) is 0 Å². The van der Waals surface area contributed by atoms with Crippen LogP contribution in [0.15, 0.2) is 36.4 Å². The molecule has 4 rings (SSSR count). The highest BCUT2D eigenvalue weighted by Gasteiger charge is 2.34. The third-order valence-electron chi connectivity index (χ3n) is 6.42. The molecule has 0 saturated heterocycles. The van der Waals surface area contributed by atoms with E-state index in [1.165, 1.54) is 49.3 Å². The third kappa shape index (κ3) is 2.98. The molecule has 4 atom stereocenters. The van der Waals surface area contributed by atoms with Crippen LogP contribution < -0.4 is 4.74 Å². The lowest BCUT2D eigenvalue weighted by Gasteiger charge is -2.41. The normalized spacial score (nSPS) is 30.9. The van der Waals surface area contributed by atoms with E-state index in [1.54, 1.807) is 12.7 Å². The third-order valence-corrected chi connectivity index (χ3v) is 6.42. The Morgan fingerprint density at radius 1 is 0.826 bits per heavy atom. The van der Waals surface area contributed by atoms with E-state index in [-0.39, 0.29) is 0 Å². The topological polar surface area (TPSA) is 9.23 Å². The van der Waals surface area contributed by atoms with Gasteiger partial charge >= 0.3 is 0 Å². The van der Waals surface area contributed by atoms with E-state index >= 15 is 0 Å². The van der Waals surface area contributed by atoms with Gasteiger partial charge in [-0.1, -0.05) is 37.6 Å². The minimum Gasteiger partial charge on any atom is -0.497 e. The fourth-order valence-corrected chi connectivity index (χ4v) is 5.05. The number of rotatable bonds is 2. The van der Waals surface area contributed by atoms with Crippen molar-refractivity contribution in [2.45, 2.75) is 51.4 Å². The molecule has 2 unspecified atom stereocenters. The first-order chi connectivity index (χ1) is 11.2. The molecule has 2 aliphatic carbocycles. The quantitative estimate of drug-likeness (QED) is 0.644. The molecule has 2 aromatic carbocycles. The first-order valence-electron chi connectivity index (χ1n) is 9.30. The standard InChI is InChI=1S/C22H28O/c1-15-3-4-17-12-18(6-5-16(17)11-15)19-7-8-21-14-22(23-2)10-9-20(21)13-19/h7-10,13-18H,3-6,11-12H2,1-2H3/t15?,16-,17?,18-/m1/s1. The van der Waals surface area contributed by atoms with Crippen LogP contribution in [0.2, 0.25) is 0 Å². The van der Waals surface area contributed by atoms with Gasteiger partial charge in [0.05, 0.1) is 7.11 Å². The summed E-state index contributed by atoms with van der Waals surface area (Å²) in [7, 11) is 1.74. The second kappa shape index (κ2) is 6.19. The Bertz CT molecular complexity index is 689. The lowest BCUT2D eigenvalue weighted by Crippen LogP contribution is -2.29. The average Bonchev–Trinajstić information content (AvgIpc) is 2.60. The van der Waals surface area contributed by atoms with E-state index in [0.717, 1.165) is 29.4 Å². The van der Waals surface area contributed by atoms with Gasteiger partial charge in [-0.25, -0.2) is 0 Å². The maximum absolute atomic E-state index is 5.34. The summed E-state index contributed by atoms with van der Waals surface area (Å²) >= 11 is 0. The zero-order chi connectivity index (χ0) is 15.8. The first-order valence-corrected chi connectivity index (χ1v) is 9.30. The molecule has 0 aromatic heterocycles. The van der Waals surface area contributed by atoms with Crippen molar-refractivity contribution in [3.63, 3.8) is 0 Å². The average molecular weight is 308 g/mol. The Hall–Kier alpha value is -1.50. The van der Waals surface area contributed by atoms with Gasteiger partial charge in [-0.15, -0.1) is 0 Å². The van der Waals surface area contributed by atoms with Crippen LogP contribution in [0, 0.1) is 17.8 Å². The maximum atomic E-state index is 5.34. The monoisotopic (exact) mass is 308 g/mol. The van der Waals surface area contributed by atoms with Gasteiger partial charge in [0.2, 0.25) is 0 Å². The van der Waals surface area contributed by atoms with Crippen LogP contribution in [-0.2, 0) is 0 Å². The van der Waals surface area contributed by atoms with Gasteiger partial charge in [-0.05, 0) is 84.2 Å². The van der Waals surface area contributed by atoms with Gasteiger partial charge in [0.25, 0.3) is 0 Å². The molecule has 122 valence electrons. The molecule has 0 aliphatic heterocycles. The summed E-state index contributed by atoms with van der Waals surface area (Å²) in [5.74, 6) is 4.68. The Morgan fingerprint density at radius 3 is 2.43 bits per heavy atom. The van der Waals surface area contributed by atoms with E-state index in [1.807, 2.05) is 0 Å². The summed E-state index contributed by atoms with van der Waals surface area (Å²) in [5.41, 5.74) is 1.56. The van der Waals surface area contributed by atoms with Gasteiger partial charge in [0.1, 0.15) is 5.75 Å². The number of hydrogen-bond donors (Lipinski definition) is 0. The predicted molar refractivity (Wildman–Crippen MR) is 97.1 cm³/mol. The second-order valence-corrected chi connectivity index (χ2v) is 7.92. The number of ether oxygens (including phenoxy) is 1. The fraction of sp³-hybridized carbons (Fsp3) is 0.545. The van der Waals surface area contributed by atoms with Crippen molar-refractivity contribution in [1.82, 2.24) is 0 Å². The van der Waals surface area contributed by atoms with Crippen LogP contribution in [0.25, 0.3) is 10.8 Å². The Morgan fingerprint density at radius 2 is 1.57 bits per heavy atom. The molecule has 0 spiro atoms. The molecule has 0 bridgehead atoms. The summed E-state index contributed by atoms with van der Waals surface area (Å²) < 4.78 is 5.34. The van der Waals surface area contributed by atoms with Gasteiger partial charge in [-0.3, -0.25) is 0 Å². The van der Waals surface area contributed by atoms with Gasteiger partial charge in [-0.2, -0.15) is 0 Å². The van der Waals surface area contributed by atoms with Gasteiger partial charge in [0.15, 0.2) is 0 Å². The minimum atomic E-state index is 0.774. The van der Waals surface area contributed by atoms with E-state index in [9.17, 15) is 0 Å². The number of hydrogen-bond acceptors (Lipinski definition) is 1. The predicted octanol–water partition coefficient (Wildman–Crippen LogP) is 6.17. The van der Waals surface area contributed by atoms with Crippen LogP contribution in [0.4, 0.5) is 0 Å².